The number of carbonyl (C=O) groups excluding carboxylic acids is 1. The van der Waals surface area contributed by atoms with Gasteiger partial charge in [-0.25, -0.2) is 4.98 Å². The van der Waals surface area contributed by atoms with Crippen molar-refractivity contribution in [2.75, 3.05) is 12.4 Å². The lowest BCUT2D eigenvalue weighted by Gasteiger charge is -2.08. The molecule has 0 bridgehead atoms. The number of amides is 1. The van der Waals surface area contributed by atoms with Gasteiger partial charge in [0, 0.05) is 23.0 Å². The summed E-state index contributed by atoms with van der Waals surface area (Å²) in [5.74, 6) is 0.267. The molecular formula is C16H13Cl2N3O2. The van der Waals surface area contributed by atoms with Gasteiger partial charge in [0.15, 0.2) is 0 Å². The third-order valence-corrected chi connectivity index (χ3v) is 3.92. The van der Waals surface area contributed by atoms with Gasteiger partial charge in [-0.05, 0) is 31.2 Å². The van der Waals surface area contributed by atoms with Crippen molar-refractivity contribution in [3.05, 3.63) is 58.0 Å². The third kappa shape index (κ3) is 2.98. The van der Waals surface area contributed by atoms with Gasteiger partial charge in [0.2, 0.25) is 0 Å². The van der Waals surface area contributed by atoms with Crippen LogP contribution in [0.1, 0.15) is 16.2 Å². The first-order chi connectivity index (χ1) is 11.0. The number of benzene rings is 1. The predicted octanol–water partition coefficient (Wildman–Crippen LogP) is 4.21. The van der Waals surface area contributed by atoms with Crippen LogP contribution in [-0.2, 0) is 0 Å². The van der Waals surface area contributed by atoms with Crippen LogP contribution in [0.3, 0.4) is 0 Å². The van der Waals surface area contributed by atoms with Gasteiger partial charge in [0.1, 0.15) is 17.1 Å². The Balaban J connectivity index is 1.95. The fraction of sp³-hybridized carbons (Fsp3) is 0.125. The average molecular weight is 350 g/mol. The van der Waals surface area contributed by atoms with Crippen LogP contribution in [0.5, 0.6) is 5.75 Å². The lowest BCUT2D eigenvalue weighted by Crippen LogP contribution is -2.15. The second kappa shape index (κ2) is 6.10. The number of nitrogens with one attached hydrogen (secondary N) is 1. The van der Waals surface area contributed by atoms with Gasteiger partial charge >= 0.3 is 0 Å². The highest BCUT2D eigenvalue weighted by atomic mass is 35.5. The maximum absolute atomic E-state index is 12.6. The molecule has 3 aromatic rings. The van der Waals surface area contributed by atoms with E-state index in [2.05, 4.69) is 10.3 Å². The summed E-state index contributed by atoms with van der Waals surface area (Å²) in [6.07, 6.45) is 1.72. The Hall–Kier alpha value is -2.24. The zero-order valence-corrected chi connectivity index (χ0v) is 13.9. The highest BCUT2D eigenvalue weighted by Gasteiger charge is 2.17. The monoisotopic (exact) mass is 349 g/mol. The number of methoxy groups -OCH3 is 1. The first-order valence-electron chi connectivity index (χ1n) is 6.78. The molecule has 5 nitrogen and oxygen atoms in total. The third-order valence-electron chi connectivity index (χ3n) is 3.39. The van der Waals surface area contributed by atoms with Gasteiger partial charge < -0.3 is 10.1 Å². The molecule has 0 saturated carbocycles. The fourth-order valence-corrected chi connectivity index (χ4v) is 2.76. The molecule has 0 saturated heterocycles. The van der Waals surface area contributed by atoms with Gasteiger partial charge in [-0.3, -0.25) is 9.20 Å². The van der Waals surface area contributed by atoms with E-state index in [0.717, 1.165) is 0 Å². The van der Waals surface area contributed by atoms with Crippen LogP contribution < -0.4 is 10.1 Å². The first-order valence-corrected chi connectivity index (χ1v) is 7.54. The van der Waals surface area contributed by atoms with Crippen LogP contribution in [0, 0.1) is 6.92 Å². The van der Waals surface area contributed by atoms with Crippen molar-refractivity contribution in [2.45, 2.75) is 6.92 Å². The summed E-state index contributed by atoms with van der Waals surface area (Å²) >= 11 is 12.0. The molecule has 7 heteroatoms. The van der Waals surface area contributed by atoms with E-state index in [1.54, 1.807) is 47.9 Å². The number of halogens is 2. The first kappa shape index (κ1) is 15.6. The number of nitrogens with zero attached hydrogens (tertiary/aromatic N) is 2. The Morgan fingerprint density at radius 2 is 2.04 bits per heavy atom. The van der Waals surface area contributed by atoms with Gasteiger partial charge in [0.05, 0.1) is 17.8 Å². The highest BCUT2D eigenvalue weighted by molar-refractivity contribution is 6.32. The lowest BCUT2D eigenvalue weighted by molar-refractivity contribution is 0.102. The fourth-order valence-electron chi connectivity index (χ4n) is 2.35. The number of fused-ring (bicyclic) bond motifs is 1. The zero-order chi connectivity index (χ0) is 16.6. The number of imidazole rings is 1. The smallest absolute Gasteiger partial charge is 0.274 e. The zero-order valence-electron chi connectivity index (χ0n) is 12.4. The summed E-state index contributed by atoms with van der Waals surface area (Å²) in [6, 6.07) is 8.46. The number of pyridine rings is 1. The van der Waals surface area contributed by atoms with Crippen LogP contribution in [0.15, 0.2) is 36.5 Å². The van der Waals surface area contributed by atoms with E-state index < -0.39 is 0 Å². The van der Waals surface area contributed by atoms with E-state index in [0.29, 0.717) is 38.5 Å². The lowest BCUT2D eigenvalue weighted by atomic mass is 10.2. The van der Waals surface area contributed by atoms with Gasteiger partial charge in [0.25, 0.3) is 5.91 Å². The molecule has 1 aromatic carbocycles. The minimum absolute atomic E-state index is 0.279. The van der Waals surface area contributed by atoms with Gasteiger partial charge in [-0.2, -0.15) is 0 Å². The normalized spacial score (nSPS) is 10.8. The molecule has 1 N–H and O–H groups in total. The van der Waals surface area contributed by atoms with E-state index in [9.17, 15) is 4.79 Å². The number of hydrogen-bond donors (Lipinski definition) is 1. The molecule has 0 aliphatic carbocycles. The molecule has 0 aliphatic rings. The molecule has 118 valence electrons. The summed E-state index contributed by atoms with van der Waals surface area (Å²) in [4.78, 5) is 16.9. The van der Waals surface area contributed by atoms with Crippen molar-refractivity contribution < 1.29 is 9.53 Å². The quantitative estimate of drug-likeness (QED) is 0.770. The van der Waals surface area contributed by atoms with Crippen molar-refractivity contribution in [1.29, 1.82) is 0 Å². The standard InChI is InChI=1S/C16H13Cl2N3O2/c1-9-15(21-6-5-10(17)7-14(21)19-9)16(22)20-11-3-4-13(23-2)12(18)8-11/h3-8H,1-2H3,(H,20,22). The molecule has 0 atom stereocenters. The van der Waals surface area contributed by atoms with Crippen molar-refractivity contribution in [3.63, 3.8) is 0 Å². The molecule has 3 rings (SSSR count). The second-order valence-electron chi connectivity index (χ2n) is 4.92. The molecule has 0 unspecified atom stereocenters. The van der Waals surface area contributed by atoms with Gasteiger partial charge in [-0.1, -0.05) is 23.2 Å². The largest absolute Gasteiger partial charge is 0.495 e. The SMILES string of the molecule is COc1ccc(NC(=O)c2c(C)nc3cc(Cl)ccn23)cc1Cl. The summed E-state index contributed by atoms with van der Waals surface area (Å²) in [5, 5.41) is 3.80. The Morgan fingerprint density at radius 1 is 1.26 bits per heavy atom. The van der Waals surface area contributed by atoms with Crippen molar-refractivity contribution >= 4 is 40.4 Å². The van der Waals surface area contributed by atoms with Crippen molar-refractivity contribution in [1.82, 2.24) is 9.38 Å². The van der Waals surface area contributed by atoms with E-state index in [-0.39, 0.29) is 5.91 Å². The number of rotatable bonds is 3. The number of hydrogen-bond acceptors (Lipinski definition) is 3. The Kier molecular flexibility index (Phi) is 4.15. The molecule has 23 heavy (non-hydrogen) atoms. The number of aromatic nitrogens is 2. The summed E-state index contributed by atoms with van der Waals surface area (Å²) in [7, 11) is 1.53. The van der Waals surface area contributed by atoms with Crippen LogP contribution >= 0.6 is 23.2 Å². The summed E-state index contributed by atoms with van der Waals surface area (Å²) in [6.45, 7) is 1.77. The van der Waals surface area contributed by atoms with Crippen molar-refractivity contribution in [2.24, 2.45) is 0 Å². The van der Waals surface area contributed by atoms with E-state index >= 15 is 0 Å². The Labute approximate surface area is 142 Å². The number of carbonyl (C=O) groups is 1. The number of ether oxygens (including phenoxy) is 1. The molecular weight excluding hydrogens is 337 g/mol. The molecule has 0 spiro atoms. The minimum atomic E-state index is -0.279. The maximum Gasteiger partial charge on any atom is 0.274 e. The molecule has 2 aromatic heterocycles. The van der Waals surface area contributed by atoms with E-state index in [1.807, 2.05) is 0 Å². The van der Waals surface area contributed by atoms with Crippen LogP contribution in [0.25, 0.3) is 5.65 Å². The number of aryl methyl sites for hydroxylation is 1. The summed E-state index contributed by atoms with van der Waals surface area (Å²) < 4.78 is 6.79. The Bertz CT molecular complexity index is 906. The van der Waals surface area contributed by atoms with Crippen LogP contribution in [0.2, 0.25) is 10.0 Å². The van der Waals surface area contributed by atoms with Crippen molar-refractivity contribution in [3.8, 4) is 5.75 Å². The second-order valence-corrected chi connectivity index (χ2v) is 5.77. The average Bonchev–Trinajstić information content (AvgIpc) is 2.82. The van der Waals surface area contributed by atoms with Crippen LogP contribution in [-0.4, -0.2) is 22.4 Å². The molecule has 0 fully saturated rings. The van der Waals surface area contributed by atoms with E-state index in [1.165, 1.54) is 7.11 Å². The summed E-state index contributed by atoms with van der Waals surface area (Å²) in [5.41, 5.74) is 2.25. The van der Waals surface area contributed by atoms with E-state index in [4.69, 9.17) is 27.9 Å². The van der Waals surface area contributed by atoms with Crippen LogP contribution in [0.4, 0.5) is 5.69 Å². The highest BCUT2D eigenvalue weighted by Crippen LogP contribution is 2.27. The molecule has 1 amide bonds. The molecule has 0 radical (unpaired) electrons. The predicted molar refractivity (Wildman–Crippen MR) is 90.9 cm³/mol. The maximum atomic E-state index is 12.6. The molecule has 0 aliphatic heterocycles. The minimum Gasteiger partial charge on any atom is -0.495 e. The number of anilines is 1. The molecule has 2 heterocycles. The Morgan fingerprint density at radius 3 is 2.74 bits per heavy atom. The topological polar surface area (TPSA) is 55.6 Å². The van der Waals surface area contributed by atoms with Gasteiger partial charge in [-0.15, -0.1) is 0 Å².